The summed E-state index contributed by atoms with van der Waals surface area (Å²) in [5, 5.41) is 1.13. The van der Waals surface area contributed by atoms with Gasteiger partial charge in [0.05, 0.1) is 25.3 Å². The van der Waals surface area contributed by atoms with Crippen molar-refractivity contribution in [3.8, 4) is 17.0 Å². The number of imidazole rings is 1. The summed E-state index contributed by atoms with van der Waals surface area (Å²) < 4.78 is 7.35. The van der Waals surface area contributed by atoms with Gasteiger partial charge in [0.1, 0.15) is 5.75 Å². The third kappa shape index (κ3) is 1.91. The van der Waals surface area contributed by atoms with E-state index in [-0.39, 0.29) is 0 Å². The normalized spacial score (nSPS) is 10.8. The van der Waals surface area contributed by atoms with Crippen molar-refractivity contribution in [1.82, 2.24) is 14.5 Å². The molecule has 0 aliphatic heterocycles. The van der Waals surface area contributed by atoms with Crippen molar-refractivity contribution >= 4 is 10.9 Å². The second-order valence-electron chi connectivity index (χ2n) is 4.33. The Kier molecular flexibility index (Phi) is 2.83. The molecule has 2 aromatic heterocycles. The number of aromatic amines is 1. The fourth-order valence-electron chi connectivity index (χ4n) is 2.27. The van der Waals surface area contributed by atoms with E-state index >= 15 is 0 Å². The first-order valence-corrected chi connectivity index (χ1v) is 6.10. The van der Waals surface area contributed by atoms with Crippen molar-refractivity contribution in [1.29, 1.82) is 0 Å². The zero-order chi connectivity index (χ0) is 13.2. The quantitative estimate of drug-likeness (QED) is 0.725. The average molecular weight is 253 g/mol. The number of hydrogen-bond acceptors (Lipinski definition) is 2. The highest BCUT2D eigenvalue weighted by atomic mass is 16.5. The van der Waals surface area contributed by atoms with E-state index in [1.54, 1.807) is 7.11 Å². The van der Waals surface area contributed by atoms with Gasteiger partial charge in [0, 0.05) is 29.2 Å². The standard InChI is InChI=1S/C15H15N3O/c1-3-6-18-10-16-9-15(18)13-8-17-14-5-4-11(19-2)7-12(13)14/h3-5,7-10,17H,1,6H2,2H3. The van der Waals surface area contributed by atoms with Crippen LogP contribution < -0.4 is 4.74 Å². The van der Waals surface area contributed by atoms with Gasteiger partial charge in [-0.1, -0.05) is 6.08 Å². The Morgan fingerprint density at radius 2 is 2.37 bits per heavy atom. The number of rotatable bonds is 4. The minimum atomic E-state index is 0.742. The molecular formula is C15H15N3O. The van der Waals surface area contributed by atoms with Crippen LogP contribution in [0.4, 0.5) is 0 Å². The predicted molar refractivity (Wildman–Crippen MR) is 76.3 cm³/mol. The van der Waals surface area contributed by atoms with E-state index < -0.39 is 0 Å². The Morgan fingerprint density at radius 3 is 3.16 bits per heavy atom. The molecule has 1 aromatic carbocycles. The van der Waals surface area contributed by atoms with Crippen LogP contribution in [0.3, 0.4) is 0 Å². The van der Waals surface area contributed by atoms with E-state index in [1.807, 2.05) is 43.0 Å². The highest BCUT2D eigenvalue weighted by Gasteiger charge is 2.10. The lowest BCUT2D eigenvalue weighted by Crippen LogP contribution is -1.95. The molecule has 96 valence electrons. The molecule has 0 unspecified atom stereocenters. The van der Waals surface area contributed by atoms with E-state index in [0.717, 1.165) is 34.5 Å². The summed E-state index contributed by atoms with van der Waals surface area (Å²) in [6.45, 7) is 4.51. The molecule has 2 heterocycles. The number of fused-ring (bicyclic) bond motifs is 1. The zero-order valence-corrected chi connectivity index (χ0v) is 10.8. The smallest absolute Gasteiger partial charge is 0.119 e. The van der Waals surface area contributed by atoms with Crippen LogP contribution in [0.5, 0.6) is 5.75 Å². The maximum absolute atomic E-state index is 5.29. The van der Waals surface area contributed by atoms with Gasteiger partial charge in [0.15, 0.2) is 0 Å². The van der Waals surface area contributed by atoms with Crippen LogP contribution in [0.15, 0.2) is 49.6 Å². The van der Waals surface area contributed by atoms with E-state index in [9.17, 15) is 0 Å². The topological polar surface area (TPSA) is 42.8 Å². The Bertz CT molecular complexity index is 724. The van der Waals surface area contributed by atoms with Crippen molar-refractivity contribution in [2.45, 2.75) is 6.54 Å². The van der Waals surface area contributed by atoms with Gasteiger partial charge in [-0.2, -0.15) is 0 Å². The summed E-state index contributed by atoms with van der Waals surface area (Å²) in [6.07, 6.45) is 7.54. The molecule has 0 aliphatic carbocycles. The molecule has 3 aromatic rings. The van der Waals surface area contributed by atoms with E-state index in [0.29, 0.717) is 0 Å². The summed E-state index contributed by atoms with van der Waals surface area (Å²) in [5.41, 5.74) is 3.27. The van der Waals surface area contributed by atoms with Gasteiger partial charge in [-0.3, -0.25) is 0 Å². The van der Waals surface area contributed by atoms with Crippen LogP contribution in [0, 0.1) is 0 Å². The minimum Gasteiger partial charge on any atom is -0.497 e. The second-order valence-corrected chi connectivity index (χ2v) is 4.33. The van der Waals surface area contributed by atoms with Gasteiger partial charge in [0.2, 0.25) is 0 Å². The van der Waals surface area contributed by atoms with Crippen LogP contribution in [0.1, 0.15) is 0 Å². The number of aromatic nitrogens is 3. The third-order valence-corrected chi connectivity index (χ3v) is 3.20. The van der Waals surface area contributed by atoms with Gasteiger partial charge in [-0.25, -0.2) is 4.98 Å². The van der Waals surface area contributed by atoms with Crippen molar-refractivity contribution < 1.29 is 4.74 Å². The summed E-state index contributed by atoms with van der Waals surface area (Å²) in [4.78, 5) is 7.49. The maximum atomic E-state index is 5.29. The van der Waals surface area contributed by atoms with Crippen LogP contribution in [-0.2, 0) is 6.54 Å². The Morgan fingerprint density at radius 1 is 1.47 bits per heavy atom. The lowest BCUT2D eigenvalue weighted by molar-refractivity contribution is 0.415. The van der Waals surface area contributed by atoms with Crippen LogP contribution in [0.2, 0.25) is 0 Å². The fraction of sp³-hybridized carbons (Fsp3) is 0.133. The van der Waals surface area contributed by atoms with Crippen LogP contribution >= 0.6 is 0 Å². The van der Waals surface area contributed by atoms with E-state index in [4.69, 9.17) is 4.74 Å². The number of H-pyrrole nitrogens is 1. The lowest BCUT2D eigenvalue weighted by Gasteiger charge is -2.05. The van der Waals surface area contributed by atoms with Crippen molar-refractivity contribution in [3.05, 3.63) is 49.6 Å². The first-order valence-electron chi connectivity index (χ1n) is 6.10. The molecule has 0 atom stereocenters. The fourth-order valence-corrected chi connectivity index (χ4v) is 2.27. The SMILES string of the molecule is C=CCn1cncc1-c1c[nH]c2ccc(OC)cc12. The lowest BCUT2D eigenvalue weighted by atomic mass is 10.1. The van der Waals surface area contributed by atoms with Gasteiger partial charge < -0.3 is 14.3 Å². The van der Waals surface area contributed by atoms with Crippen LogP contribution in [-0.4, -0.2) is 21.6 Å². The minimum absolute atomic E-state index is 0.742. The molecule has 0 fully saturated rings. The molecule has 3 rings (SSSR count). The number of ether oxygens (including phenoxy) is 1. The van der Waals surface area contributed by atoms with Gasteiger partial charge in [-0.15, -0.1) is 6.58 Å². The number of nitrogens with zero attached hydrogens (tertiary/aromatic N) is 2. The van der Waals surface area contributed by atoms with Gasteiger partial charge in [0.25, 0.3) is 0 Å². The molecule has 0 amide bonds. The Labute approximate surface area is 111 Å². The first kappa shape index (κ1) is 11.6. The molecule has 19 heavy (non-hydrogen) atoms. The van der Waals surface area contributed by atoms with Gasteiger partial charge >= 0.3 is 0 Å². The number of hydrogen-bond donors (Lipinski definition) is 1. The number of benzene rings is 1. The van der Waals surface area contributed by atoms with E-state index in [2.05, 4.69) is 21.1 Å². The third-order valence-electron chi connectivity index (χ3n) is 3.20. The van der Waals surface area contributed by atoms with Crippen molar-refractivity contribution in [3.63, 3.8) is 0 Å². The summed E-state index contributed by atoms with van der Waals surface area (Å²) in [5.74, 6) is 0.850. The Hall–Kier alpha value is -2.49. The molecule has 0 spiro atoms. The number of nitrogens with one attached hydrogen (secondary N) is 1. The first-order chi connectivity index (χ1) is 9.33. The van der Waals surface area contributed by atoms with Crippen molar-refractivity contribution in [2.24, 2.45) is 0 Å². The monoisotopic (exact) mass is 253 g/mol. The molecule has 4 heteroatoms. The molecule has 0 aliphatic rings. The molecule has 0 radical (unpaired) electrons. The van der Waals surface area contributed by atoms with Crippen LogP contribution in [0.25, 0.3) is 22.2 Å². The highest BCUT2D eigenvalue weighted by Crippen LogP contribution is 2.31. The Balaban J connectivity index is 2.18. The summed E-state index contributed by atoms with van der Waals surface area (Å²) in [6, 6.07) is 6.00. The van der Waals surface area contributed by atoms with Gasteiger partial charge in [-0.05, 0) is 18.2 Å². The average Bonchev–Trinajstić information content (AvgIpc) is 3.04. The molecule has 0 saturated heterocycles. The zero-order valence-electron chi connectivity index (χ0n) is 10.8. The molecule has 1 N–H and O–H groups in total. The molecule has 0 bridgehead atoms. The highest BCUT2D eigenvalue weighted by molar-refractivity contribution is 5.95. The summed E-state index contributed by atoms with van der Waals surface area (Å²) >= 11 is 0. The predicted octanol–water partition coefficient (Wildman–Crippen LogP) is 3.23. The molecular weight excluding hydrogens is 238 g/mol. The molecule has 0 saturated carbocycles. The van der Waals surface area contributed by atoms with E-state index in [1.165, 1.54) is 0 Å². The maximum Gasteiger partial charge on any atom is 0.119 e. The second kappa shape index (κ2) is 4.65. The number of methoxy groups -OCH3 is 1. The summed E-state index contributed by atoms with van der Waals surface area (Å²) in [7, 11) is 1.68. The molecule has 4 nitrogen and oxygen atoms in total. The number of allylic oxidation sites excluding steroid dienone is 1. The van der Waals surface area contributed by atoms with Crippen molar-refractivity contribution in [2.75, 3.05) is 7.11 Å². The largest absolute Gasteiger partial charge is 0.497 e.